The van der Waals surface area contributed by atoms with E-state index in [-0.39, 0.29) is 5.91 Å². The lowest BCUT2D eigenvalue weighted by Gasteiger charge is -2.14. The molecule has 1 N–H and O–H groups in total. The predicted molar refractivity (Wildman–Crippen MR) is 95.0 cm³/mol. The molecule has 1 amide bonds. The molecule has 0 unspecified atom stereocenters. The number of hydrogen-bond acceptors (Lipinski definition) is 4. The highest BCUT2D eigenvalue weighted by molar-refractivity contribution is 7.98. The summed E-state index contributed by atoms with van der Waals surface area (Å²) in [6, 6.07) is 12.9. The maximum absolute atomic E-state index is 12.6. The zero-order chi connectivity index (χ0) is 16.7. The standard InChI is InChI=1S/C18H21NO3S/c1-4-21-13-10-11-16(22-5-2)15(12-13)19-18(20)14-8-6-7-9-17(14)23-3/h6-12H,4-5H2,1-3H3,(H,19,20). The highest BCUT2D eigenvalue weighted by atomic mass is 32.2. The molecule has 0 heterocycles. The molecule has 0 spiro atoms. The van der Waals surface area contributed by atoms with Gasteiger partial charge in [0.25, 0.3) is 5.91 Å². The maximum atomic E-state index is 12.6. The minimum Gasteiger partial charge on any atom is -0.494 e. The van der Waals surface area contributed by atoms with Gasteiger partial charge in [0.15, 0.2) is 0 Å². The average Bonchev–Trinajstić information content (AvgIpc) is 2.57. The van der Waals surface area contributed by atoms with Crippen molar-refractivity contribution in [1.82, 2.24) is 0 Å². The zero-order valence-corrected chi connectivity index (χ0v) is 14.4. The minimum atomic E-state index is -0.162. The Morgan fingerprint density at radius 2 is 1.83 bits per heavy atom. The van der Waals surface area contributed by atoms with Crippen LogP contribution in [0, 0.1) is 0 Å². The number of ether oxygens (including phenoxy) is 2. The summed E-state index contributed by atoms with van der Waals surface area (Å²) in [5.41, 5.74) is 1.25. The summed E-state index contributed by atoms with van der Waals surface area (Å²) in [7, 11) is 0. The third-order valence-corrected chi connectivity index (χ3v) is 3.96. The van der Waals surface area contributed by atoms with Crippen LogP contribution >= 0.6 is 11.8 Å². The van der Waals surface area contributed by atoms with E-state index in [0.29, 0.717) is 36.0 Å². The van der Waals surface area contributed by atoms with E-state index < -0.39 is 0 Å². The van der Waals surface area contributed by atoms with Gasteiger partial charge in [0.2, 0.25) is 0 Å². The van der Waals surface area contributed by atoms with Gasteiger partial charge in [0.05, 0.1) is 24.5 Å². The van der Waals surface area contributed by atoms with E-state index in [0.717, 1.165) is 4.90 Å². The van der Waals surface area contributed by atoms with Gasteiger partial charge in [-0.3, -0.25) is 4.79 Å². The van der Waals surface area contributed by atoms with Crippen LogP contribution in [-0.4, -0.2) is 25.4 Å². The molecule has 23 heavy (non-hydrogen) atoms. The first kappa shape index (κ1) is 17.2. The average molecular weight is 331 g/mol. The van der Waals surface area contributed by atoms with E-state index in [1.807, 2.05) is 56.5 Å². The van der Waals surface area contributed by atoms with E-state index >= 15 is 0 Å². The van der Waals surface area contributed by atoms with Crippen molar-refractivity contribution in [3.8, 4) is 11.5 Å². The molecule has 0 aliphatic carbocycles. The Kier molecular flexibility index (Phi) is 6.35. The summed E-state index contributed by atoms with van der Waals surface area (Å²) in [4.78, 5) is 13.5. The second-order valence-corrected chi connectivity index (χ2v) is 5.53. The number of thioether (sulfide) groups is 1. The molecule has 4 nitrogen and oxygen atoms in total. The van der Waals surface area contributed by atoms with Crippen LogP contribution in [0.2, 0.25) is 0 Å². The van der Waals surface area contributed by atoms with E-state index in [9.17, 15) is 4.79 Å². The molecule has 0 bridgehead atoms. The number of carbonyl (C=O) groups is 1. The third kappa shape index (κ3) is 4.42. The lowest BCUT2D eigenvalue weighted by atomic mass is 10.2. The Bertz CT molecular complexity index is 673. The Morgan fingerprint density at radius 3 is 2.52 bits per heavy atom. The van der Waals surface area contributed by atoms with Crippen molar-refractivity contribution in [2.75, 3.05) is 24.8 Å². The molecule has 0 aliphatic rings. The van der Waals surface area contributed by atoms with Crippen LogP contribution in [-0.2, 0) is 0 Å². The van der Waals surface area contributed by atoms with Crippen LogP contribution in [0.5, 0.6) is 11.5 Å². The predicted octanol–water partition coefficient (Wildman–Crippen LogP) is 4.46. The summed E-state index contributed by atoms with van der Waals surface area (Å²) in [5, 5.41) is 2.93. The van der Waals surface area contributed by atoms with Gasteiger partial charge in [0.1, 0.15) is 11.5 Å². The number of benzene rings is 2. The number of nitrogens with one attached hydrogen (secondary N) is 1. The third-order valence-electron chi connectivity index (χ3n) is 3.16. The Morgan fingerprint density at radius 1 is 1.09 bits per heavy atom. The first-order valence-corrected chi connectivity index (χ1v) is 8.76. The van der Waals surface area contributed by atoms with E-state index in [4.69, 9.17) is 9.47 Å². The lowest BCUT2D eigenvalue weighted by molar-refractivity contribution is 0.102. The van der Waals surface area contributed by atoms with Gasteiger partial charge < -0.3 is 14.8 Å². The summed E-state index contributed by atoms with van der Waals surface area (Å²) in [6.45, 7) is 4.92. The smallest absolute Gasteiger partial charge is 0.256 e. The largest absolute Gasteiger partial charge is 0.494 e. The van der Waals surface area contributed by atoms with Crippen LogP contribution in [0.3, 0.4) is 0 Å². The van der Waals surface area contributed by atoms with Crippen molar-refractivity contribution in [2.24, 2.45) is 0 Å². The Balaban J connectivity index is 2.29. The van der Waals surface area contributed by atoms with Gasteiger partial charge in [-0.15, -0.1) is 11.8 Å². The van der Waals surface area contributed by atoms with Crippen LogP contribution in [0.1, 0.15) is 24.2 Å². The molecule has 2 aromatic carbocycles. The molecular weight excluding hydrogens is 310 g/mol. The quantitative estimate of drug-likeness (QED) is 0.761. The molecule has 122 valence electrons. The highest BCUT2D eigenvalue weighted by Gasteiger charge is 2.14. The minimum absolute atomic E-state index is 0.162. The number of anilines is 1. The van der Waals surface area contributed by atoms with Gasteiger partial charge in [-0.05, 0) is 44.4 Å². The Labute approximate surface area is 141 Å². The van der Waals surface area contributed by atoms with E-state index in [2.05, 4.69) is 5.32 Å². The molecule has 0 aliphatic heterocycles. The van der Waals surface area contributed by atoms with E-state index in [1.165, 1.54) is 0 Å². The first-order valence-electron chi connectivity index (χ1n) is 7.53. The highest BCUT2D eigenvalue weighted by Crippen LogP contribution is 2.30. The lowest BCUT2D eigenvalue weighted by Crippen LogP contribution is -2.14. The monoisotopic (exact) mass is 331 g/mol. The molecule has 2 rings (SSSR count). The number of rotatable bonds is 7. The number of amides is 1. The summed E-state index contributed by atoms with van der Waals surface area (Å²) >= 11 is 1.54. The molecule has 0 saturated heterocycles. The van der Waals surface area contributed by atoms with Crippen molar-refractivity contribution < 1.29 is 14.3 Å². The van der Waals surface area contributed by atoms with E-state index in [1.54, 1.807) is 17.8 Å². The molecule has 5 heteroatoms. The van der Waals surface area contributed by atoms with Crippen LogP contribution in [0.4, 0.5) is 5.69 Å². The van der Waals surface area contributed by atoms with Crippen molar-refractivity contribution in [2.45, 2.75) is 18.7 Å². The molecule has 0 radical (unpaired) electrons. The SMILES string of the molecule is CCOc1ccc(OCC)c(NC(=O)c2ccccc2SC)c1. The fourth-order valence-corrected chi connectivity index (χ4v) is 2.76. The van der Waals surface area contributed by atoms with Gasteiger partial charge in [0, 0.05) is 11.0 Å². The fourth-order valence-electron chi connectivity index (χ4n) is 2.17. The molecule has 2 aromatic rings. The fraction of sp³-hybridized carbons (Fsp3) is 0.278. The molecular formula is C18H21NO3S. The molecule has 0 saturated carbocycles. The molecule has 0 atom stereocenters. The number of carbonyl (C=O) groups excluding carboxylic acids is 1. The summed E-state index contributed by atoms with van der Waals surface area (Å²) in [6.07, 6.45) is 1.95. The summed E-state index contributed by atoms with van der Waals surface area (Å²) in [5.74, 6) is 1.17. The van der Waals surface area contributed by atoms with Crippen LogP contribution in [0.15, 0.2) is 47.4 Å². The zero-order valence-electron chi connectivity index (χ0n) is 13.6. The van der Waals surface area contributed by atoms with Gasteiger partial charge in [-0.2, -0.15) is 0 Å². The maximum Gasteiger partial charge on any atom is 0.256 e. The molecule has 0 aromatic heterocycles. The second-order valence-electron chi connectivity index (χ2n) is 4.68. The van der Waals surface area contributed by atoms with Crippen molar-refractivity contribution in [3.05, 3.63) is 48.0 Å². The topological polar surface area (TPSA) is 47.6 Å². The van der Waals surface area contributed by atoms with Crippen molar-refractivity contribution in [3.63, 3.8) is 0 Å². The normalized spacial score (nSPS) is 10.2. The van der Waals surface area contributed by atoms with Gasteiger partial charge in [-0.1, -0.05) is 12.1 Å². The van der Waals surface area contributed by atoms with Crippen molar-refractivity contribution in [1.29, 1.82) is 0 Å². The van der Waals surface area contributed by atoms with Gasteiger partial charge in [-0.25, -0.2) is 0 Å². The molecule has 0 fully saturated rings. The first-order chi connectivity index (χ1) is 11.2. The van der Waals surface area contributed by atoms with Gasteiger partial charge >= 0.3 is 0 Å². The summed E-state index contributed by atoms with van der Waals surface area (Å²) < 4.78 is 11.1. The second kappa shape index (κ2) is 8.48. The van der Waals surface area contributed by atoms with Crippen molar-refractivity contribution >= 4 is 23.4 Å². The number of hydrogen-bond donors (Lipinski definition) is 1. The van der Waals surface area contributed by atoms with Crippen LogP contribution in [0.25, 0.3) is 0 Å². The van der Waals surface area contributed by atoms with Crippen LogP contribution < -0.4 is 14.8 Å². The Hall–Kier alpha value is -2.14.